The SMILES string of the molecule is CS(=O)(=O)CCOCCOCCOCC=O. The highest BCUT2D eigenvalue weighted by Crippen LogP contribution is 1.85. The minimum Gasteiger partial charge on any atom is -0.378 e. The van der Waals surface area contributed by atoms with Crippen LogP contribution in [0.15, 0.2) is 0 Å². The van der Waals surface area contributed by atoms with Gasteiger partial charge in [0.2, 0.25) is 0 Å². The van der Waals surface area contributed by atoms with Gasteiger partial charge in [0.25, 0.3) is 0 Å². The van der Waals surface area contributed by atoms with E-state index in [4.69, 9.17) is 14.2 Å². The van der Waals surface area contributed by atoms with Gasteiger partial charge in [-0.2, -0.15) is 0 Å². The summed E-state index contributed by atoms with van der Waals surface area (Å²) in [6.07, 6.45) is 1.84. The molecule has 0 aromatic heterocycles. The van der Waals surface area contributed by atoms with E-state index in [0.29, 0.717) is 32.7 Å². The third kappa shape index (κ3) is 13.5. The molecule has 6 nitrogen and oxygen atoms in total. The number of ether oxygens (including phenoxy) is 3. The van der Waals surface area contributed by atoms with Crippen LogP contribution in [-0.2, 0) is 28.8 Å². The number of carbonyl (C=O) groups excluding carboxylic acids is 1. The van der Waals surface area contributed by atoms with Crippen LogP contribution in [0, 0.1) is 0 Å². The van der Waals surface area contributed by atoms with Crippen LogP contribution in [0.5, 0.6) is 0 Å². The Kier molecular flexibility index (Phi) is 9.40. The summed E-state index contributed by atoms with van der Waals surface area (Å²) >= 11 is 0. The predicted molar refractivity (Wildman–Crippen MR) is 58.2 cm³/mol. The molecule has 0 heterocycles. The molecule has 0 spiro atoms. The standard InChI is InChI=1S/C9H18O6S/c1-16(11,12)9-8-15-7-6-14-5-4-13-3-2-10/h2H,3-9H2,1H3. The summed E-state index contributed by atoms with van der Waals surface area (Å²) in [5, 5.41) is 0. The Morgan fingerprint density at radius 3 is 1.94 bits per heavy atom. The normalized spacial score (nSPS) is 11.6. The fraction of sp³-hybridized carbons (Fsp3) is 0.889. The Bertz CT molecular complexity index is 261. The van der Waals surface area contributed by atoms with E-state index in [1.165, 1.54) is 0 Å². The largest absolute Gasteiger partial charge is 0.378 e. The van der Waals surface area contributed by atoms with Crippen LogP contribution in [0.2, 0.25) is 0 Å². The Hall–Kier alpha value is -0.500. The summed E-state index contributed by atoms with van der Waals surface area (Å²) in [5.41, 5.74) is 0. The summed E-state index contributed by atoms with van der Waals surface area (Å²) in [6, 6.07) is 0. The molecule has 0 fully saturated rings. The number of hydrogen-bond donors (Lipinski definition) is 0. The van der Waals surface area contributed by atoms with Gasteiger partial charge in [-0.25, -0.2) is 8.42 Å². The third-order valence-corrected chi connectivity index (χ3v) is 2.44. The van der Waals surface area contributed by atoms with Crippen LogP contribution in [0.3, 0.4) is 0 Å². The van der Waals surface area contributed by atoms with E-state index >= 15 is 0 Å². The molecule has 0 amide bonds. The van der Waals surface area contributed by atoms with Gasteiger partial charge in [0.15, 0.2) is 0 Å². The first-order valence-corrected chi connectivity index (χ1v) is 6.97. The predicted octanol–water partition coefficient (Wildman–Crippen LogP) is -0.720. The van der Waals surface area contributed by atoms with Crippen LogP contribution in [0.25, 0.3) is 0 Å². The zero-order valence-corrected chi connectivity index (χ0v) is 10.2. The lowest BCUT2D eigenvalue weighted by Crippen LogP contribution is -2.14. The van der Waals surface area contributed by atoms with Gasteiger partial charge < -0.3 is 19.0 Å². The molecule has 0 saturated heterocycles. The quantitative estimate of drug-likeness (QED) is 0.357. The highest BCUT2D eigenvalue weighted by Gasteiger charge is 2.00. The monoisotopic (exact) mass is 254 g/mol. The smallest absolute Gasteiger partial charge is 0.149 e. The van der Waals surface area contributed by atoms with Crippen LogP contribution >= 0.6 is 0 Å². The van der Waals surface area contributed by atoms with Crippen molar-refractivity contribution in [3.63, 3.8) is 0 Å². The maximum atomic E-state index is 10.7. The molecule has 0 aromatic carbocycles. The summed E-state index contributed by atoms with van der Waals surface area (Å²) in [4.78, 5) is 9.86. The van der Waals surface area contributed by atoms with Crippen molar-refractivity contribution in [1.82, 2.24) is 0 Å². The molecule has 0 saturated carbocycles. The first-order chi connectivity index (χ1) is 7.56. The molecule has 7 heteroatoms. The maximum Gasteiger partial charge on any atom is 0.149 e. The Balaban J connectivity index is 3.07. The molecule has 0 radical (unpaired) electrons. The van der Waals surface area contributed by atoms with Gasteiger partial charge in [-0.05, 0) is 0 Å². The van der Waals surface area contributed by atoms with E-state index in [1.807, 2.05) is 0 Å². The minimum absolute atomic E-state index is 0.0233. The second-order valence-electron chi connectivity index (χ2n) is 3.10. The van der Waals surface area contributed by atoms with Crippen molar-refractivity contribution in [3.8, 4) is 0 Å². The molecule has 0 unspecified atom stereocenters. The van der Waals surface area contributed by atoms with E-state index in [0.717, 1.165) is 6.26 Å². The topological polar surface area (TPSA) is 78.9 Å². The molecule has 0 aliphatic rings. The highest BCUT2D eigenvalue weighted by atomic mass is 32.2. The van der Waals surface area contributed by atoms with E-state index in [-0.39, 0.29) is 19.0 Å². The molecule has 16 heavy (non-hydrogen) atoms. The van der Waals surface area contributed by atoms with Gasteiger partial charge >= 0.3 is 0 Å². The van der Waals surface area contributed by atoms with E-state index in [2.05, 4.69) is 0 Å². The van der Waals surface area contributed by atoms with Crippen molar-refractivity contribution in [1.29, 1.82) is 0 Å². The molecule has 0 rings (SSSR count). The van der Waals surface area contributed by atoms with Gasteiger partial charge in [-0.3, -0.25) is 0 Å². The van der Waals surface area contributed by atoms with Crippen molar-refractivity contribution in [3.05, 3.63) is 0 Å². The number of sulfone groups is 1. The van der Waals surface area contributed by atoms with E-state index in [1.54, 1.807) is 0 Å². The van der Waals surface area contributed by atoms with Crippen LogP contribution in [0.1, 0.15) is 0 Å². The molecule has 0 atom stereocenters. The van der Waals surface area contributed by atoms with Crippen molar-refractivity contribution < 1.29 is 27.4 Å². The van der Waals surface area contributed by atoms with Gasteiger partial charge in [-0.1, -0.05) is 0 Å². The fourth-order valence-corrected chi connectivity index (χ4v) is 1.20. The summed E-state index contributed by atoms with van der Waals surface area (Å²) < 4.78 is 36.4. The second-order valence-corrected chi connectivity index (χ2v) is 5.36. The molecular formula is C9H18O6S. The molecule has 0 bridgehead atoms. The van der Waals surface area contributed by atoms with Crippen LogP contribution in [0.4, 0.5) is 0 Å². The van der Waals surface area contributed by atoms with Gasteiger partial charge in [0.05, 0.1) is 38.8 Å². The average Bonchev–Trinajstić information content (AvgIpc) is 2.19. The zero-order chi connectivity index (χ0) is 12.3. The van der Waals surface area contributed by atoms with Crippen LogP contribution < -0.4 is 0 Å². The summed E-state index contributed by atoms with van der Waals surface area (Å²) in [7, 11) is -2.95. The molecule has 0 aromatic rings. The Labute approximate surface area is 95.8 Å². The van der Waals surface area contributed by atoms with Gasteiger partial charge in [0, 0.05) is 6.26 Å². The second kappa shape index (κ2) is 9.71. The van der Waals surface area contributed by atoms with Crippen molar-refractivity contribution in [2.75, 3.05) is 51.6 Å². The average molecular weight is 254 g/mol. The first-order valence-electron chi connectivity index (χ1n) is 4.91. The summed E-state index contributed by atoms with van der Waals surface area (Å²) in [6.45, 7) is 1.75. The summed E-state index contributed by atoms with van der Waals surface area (Å²) in [5.74, 6) is 0.0233. The van der Waals surface area contributed by atoms with Crippen molar-refractivity contribution in [2.24, 2.45) is 0 Å². The Morgan fingerprint density at radius 1 is 0.938 bits per heavy atom. The van der Waals surface area contributed by atoms with E-state index < -0.39 is 9.84 Å². The van der Waals surface area contributed by atoms with Crippen molar-refractivity contribution >= 4 is 16.1 Å². The number of hydrogen-bond acceptors (Lipinski definition) is 6. The van der Waals surface area contributed by atoms with Crippen molar-refractivity contribution in [2.45, 2.75) is 0 Å². The molecule has 0 aliphatic carbocycles. The van der Waals surface area contributed by atoms with Gasteiger partial charge in [0.1, 0.15) is 22.7 Å². The van der Waals surface area contributed by atoms with Crippen LogP contribution in [-0.4, -0.2) is 66.4 Å². The maximum absolute atomic E-state index is 10.7. The first kappa shape index (κ1) is 15.5. The van der Waals surface area contributed by atoms with E-state index in [9.17, 15) is 13.2 Å². The molecular weight excluding hydrogens is 236 g/mol. The lowest BCUT2D eigenvalue weighted by atomic mass is 10.7. The highest BCUT2D eigenvalue weighted by molar-refractivity contribution is 7.90. The molecule has 0 aliphatic heterocycles. The molecule has 0 N–H and O–H groups in total. The third-order valence-electron chi connectivity index (χ3n) is 1.53. The minimum atomic E-state index is -2.95. The molecule has 96 valence electrons. The zero-order valence-electron chi connectivity index (χ0n) is 9.38. The lowest BCUT2D eigenvalue weighted by Gasteiger charge is -2.05. The lowest BCUT2D eigenvalue weighted by molar-refractivity contribution is -0.112. The number of carbonyl (C=O) groups is 1. The number of rotatable bonds is 11. The van der Waals surface area contributed by atoms with Gasteiger partial charge in [-0.15, -0.1) is 0 Å². The number of aldehydes is 1. The Morgan fingerprint density at radius 2 is 1.44 bits per heavy atom. The fourth-order valence-electron chi connectivity index (χ4n) is 0.782.